The fraction of sp³-hybridized carbons (Fsp3) is 0.429. The van der Waals surface area contributed by atoms with Crippen LogP contribution in [0.3, 0.4) is 0 Å². The molecule has 12 heavy (non-hydrogen) atoms. The van der Waals surface area contributed by atoms with Gasteiger partial charge in [0.2, 0.25) is 0 Å². The number of nitrogens with one attached hydrogen (secondary N) is 2. The molecule has 0 radical (unpaired) electrons. The molecule has 1 aliphatic heterocycles. The van der Waals surface area contributed by atoms with E-state index in [1.54, 1.807) is 12.7 Å². The number of fused-ring (bicyclic) bond motifs is 1. The van der Waals surface area contributed by atoms with Crippen LogP contribution in [0.25, 0.3) is 0 Å². The maximum atomic E-state index is 5.78. The van der Waals surface area contributed by atoms with Crippen LogP contribution in [-0.4, -0.2) is 16.3 Å². The number of nitrogens with zero attached hydrogens (tertiary/aromatic N) is 2. The van der Waals surface area contributed by atoms with Crippen LogP contribution in [0.2, 0.25) is 0 Å². The molecule has 1 atom stereocenters. The van der Waals surface area contributed by atoms with Crippen LogP contribution in [0.15, 0.2) is 11.3 Å². The summed E-state index contributed by atoms with van der Waals surface area (Å²) < 4.78 is 0. The summed E-state index contributed by atoms with van der Waals surface area (Å²) >= 11 is 5.78. The van der Waals surface area contributed by atoms with E-state index < -0.39 is 0 Å². The van der Waals surface area contributed by atoms with Gasteiger partial charge in [-0.05, 0) is 0 Å². The molecular formula is C7H11ClN4. The molecule has 1 unspecified atom stereocenters. The van der Waals surface area contributed by atoms with Crippen LogP contribution in [0.5, 0.6) is 0 Å². The number of aromatic amines is 1. The predicted molar refractivity (Wildman–Crippen MR) is 50.6 cm³/mol. The van der Waals surface area contributed by atoms with Crippen molar-refractivity contribution in [3.8, 4) is 0 Å². The third-order valence-corrected chi connectivity index (χ3v) is 1.64. The van der Waals surface area contributed by atoms with Gasteiger partial charge in [-0.2, -0.15) is 0 Å². The maximum Gasteiger partial charge on any atom is 0.168 e. The Morgan fingerprint density at radius 1 is 1.50 bits per heavy atom. The Kier molecular flexibility index (Phi) is 3.10. The zero-order valence-corrected chi connectivity index (χ0v) is 7.76. The van der Waals surface area contributed by atoms with Gasteiger partial charge >= 0.3 is 0 Å². The molecule has 4 nitrogen and oxygen atoms in total. The molecule has 1 aromatic heterocycles. The third kappa shape index (κ3) is 1.58. The summed E-state index contributed by atoms with van der Waals surface area (Å²) in [5.74, 6) is 0.759. The molecule has 0 bridgehead atoms. The highest BCUT2D eigenvalue weighted by molar-refractivity contribution is 6.21. The maximum absolute atomic E-state index is 5.78. The van der Waals surface area contributed by atoms with Gasteiger partial charge in [-0.15, -0.1) is 0 Å². The van der Waals surface area contributed by atoms with Crippen LogP contribution in [0.1, 0.15) is 25.0 Å². The summed E-state index contributed by atoms with van der Waals surface area (Å²) in [6.45, 7) is 4.00. The van der Waals surface area contributed by atoms with Gasteiger partial charge in [0.05, 0.1) is 18.4 Å². The van der Waals surface area contributed by atoms with Crippen LogP contribution in [0.4, 0.5) is 5.82 Å². The van der Waals surface area contributed by atoms with Crippen molar-refractivity contribution in [1.29, 1.82) is 0 Å². The van der Waals surface area contributed by atoms with Crippen molar-refractivity contribution >= 4 is 23.8 Å². The Balaban J connectivity index is 0.000000336. The van der Waals surface area contributed by atoms with E-state index in [9.17, 15) is 0 Å². The summed E-state index contributed by atoms with van der Waals surface area (Å²) in [6.07, 6.45) is 3.13. The van der Waals surface area contributed by atoms with Gasteiger partial charge in [0.25, 0.3) is 0 Å². The minimum Gasteiger partial charge on any atom is -0.344 e. The molecule has 2 N–H and O–H groups in total. The smallest absolute Gasteiger partial charge is 0.168 e. The molecule has 0 saturated heterocycles. The molecule has 66 valence electrons. The van der Waals surface area contributed by atoms with Crippen LogP contribution >= 0.6 is 11.6 Å². The number of alkyl halides is 1. The normalized spacial score (nSPS) is 18.8. The minimum atomic E-state index is -0.321. The summed E-state index contributed by atoms with van der Waals surface area (Å²) in [7, 11) is 0. The first kappa shape index (κ1) is 9.06. The molecular weight excluding hydrogens is 176 g/mol. The SMILES string of the molecule is CC.ClC1N=CNc2nc[nH]c21. The van der Waals surface area contributed by atoms with Crippen molar-refractivity contribution < 1.29 is 0 Å². The van der Waals surface area contributed by atoms with E-state index in [-0.39, 0.29) is 5.50 Å². The number of imidazole rings is 1. The van der Waals surface area contributed by atoms with Crippen molar-refractivity contribution in [2.45, 2.75) is 19.3 Å². The molecule has 2 heterocycles. The topological polar surface area (TPSA) is 53.1 Å². The minimum absolute atomic E-state index is 0.321. The summed E-state index contributed by atoms with van der Waals surface area (Å²) in [6, 6.07) is 0. The zero-order valence-electron chi connectivity index (χ0n) is 7.00. The standard InChI is InChI=1S/C5H5ClN4.C2H6/c6-4-3-5(9-1-7-3)10-2-8-4;1-2/h1-2,4H,(H,7,9)(H,8,10);1-2H3. The molecule has 0 spiro atoms. The van der Waals surface area contributed by atoms with E-state index in [1.807, 2.05) is 13.8 Å². The number of H-pyrrole nitrogens is 1. The van der Waals surface area contributed by atoms with Crippen LogP contribution in [-0.2, 0) is 0 Å². The predicted octanol–water partition coefficient (Wildman–Crippen LogP) is 2.13. The number of halogens is 1. The fourth-order valence-electron chi connectivity index (χ4n) is 0.839. The van der Waals surface area contributed by atoms with Gasteiger partial charge < -0.3 is 10.3 Å². The average molecular weight is 187 g/mol. The fourth-order valence-corrected chi connectivity index (χ4v) is 1.06. The molecule has 1 aromatic rings. The van der Waals surface area contributed by atoms with Crippen LogP contribution < -0.4 is 5.32 Å². The molecule has 1 aliphatic rings. The Hall–Kier alpha value is -1.03. The van der Waals surface area contributed by atoms with Gasteiger partial charge in [-0.25, -0.2) is 9.98 Å². The number of aromatic nitrogens is 2. The molecule has 0 aromatic carbocycles. The lowest BCUT2D eigenvalue weighted by Gasteiger charge is -2.08. The zero-order chi connectivity index (χ0) is 8.97. The summed E-state index contributed by atoms with van der Waals surface area (Å²) in [4.78, 5) is 10.8. The number of anilines is 1. The highest BCUT2D eigenvalue weighted by Crippen LogP contribution is 2.27. The second kappa shape index (κ2) is 4.11. The quantitative estimate of drug-likeness (QED) is 0.482. The lowest BCUT2D eigenvalue weighted by molar-refractivity contribution is 0.962. The first-order valence-corrected chi connectivity index (χ1v) is 4.27. The Labute approximate surface area is 76.1 Å². The number of hydrogen-bond acceptors (Lipinski definition) is 3. The first-order valence-electron chi connectivity index (χ1n) is 3.83. The van der Waals surface area contributed by atoms with Crippen molar-refractivity contribution in [2.24, 2.45) is 4.99 Å². The molecule has 5 heteroatoms. The van der Waals surface area contributed by atoms with Gasteiger partial charge in [-0.3, -0.25) is 0 Å². The molecule has 0 aliphatic carbocycles. The van der Waals surface area contributed by atoms with Crippen molar-refractivity contribution in [2.75, 3.05) is 5.32 Å². The molecule has 2 rings (SSSR count). The van der Waals surface area contributed by atoms with E-state index in [2.05, 4.69) is 20.3 Å². The lowest BCUT2D eigenvalue weighted by Crippen LogP contribution is -2.06. The summed E-state index contributed by atoms with van der Waals surface area (Å²) in [5.41, 5.74) is 0.503. The van der Waals surface area contributed by atoms with E-state index in [4.69, 9.17) is 11.6 Å². The van der Waals surface area contributed by atoms with Gasteiger partial charge in [0, 0.05) is 0 Å². The van der Waals surface area contributed by atoms with E-state index in [0.29, 0.717) is 0 Å². The second-order valence-corrected chi connectivity index (χ2v) is 2.34. The largest absolute Gasteiger partial charge is 0.344 e. The number of hydrogen-bond donors (Lipinski definition) is 2. The van der Waals surface area contributed by atoms with E-state index >= 15 is 0 Å². The van der Waals surface area contributed by atoms with Gasteiger partial charge in [-0.1, -0.05) is 25.4 Å². The number of aliphatic imine (C=N–C) groups is 1. The van der Waals surface area contributed by atoms with Gasteiger partial charge in [0.15, 0.2) is 11.3 Å². The monoisotopic (exact) mass is 186 g/mol. The second-order valence-electron chi connectivity index (χ2n) is 1.92. The molecule has 0 fully saturated rings. The summed E-state index contributed by atoms with van der Waals surface area (Å²) in [5, 5.41) is 2.85. The lowest BCUT2D eigenvalue weighted by atomic mass is 10.4. The van der Waals surface area contributed by atoms with Crippen molar-refractivity contribution in [3.05, 3.63) is 12.0 Å². The van der Waals surface area contributed by atoms with Crippen LogP contribution in [0, 0.1) is 0 Å². The Bertz CT molecular complexity index is 268. The van der Waals surface area contributed by atoms with Gasteiger partial charge in [0.1, 0.15) is 0 Å². The highest BCUT2D eigenvalue weighted by Gasteiger charge is 2.15. The molecule has 0 amide bonds. The van der Waals surface area contributed by atoms with Crippen molar-refractivity contribution in [1.82, 2.24) is 9.97 Å². The van der Waals surface area contributed by atoms with E-state index in [0.717, 1.165) is 11.5 Å². The highest BCUT2D eigenvalue weighted by atomic mass is 35.5. The van der Waals surface area contributed by atoms with E-state index in [1.165, 1.54) is 0 Å². The molecule has 0 saturated carbocycles. The third-order valence-electron chi connectivity index (χ3n) is 1.31. The number of rotatable bonds is 0. The van der Waals surface area contributed by atoms with Crippen molar-refractivity contribution in [3.63, 3.8) is 0 Å². The Morgan fingerprint density at radius 3 is 2.92 bits per heavy atom. The first-order chi connectivity index (χ1) is 5.88. The Morgan fingerprint density at radius 2 is 2.25 bits per heavy atom. The average Bonchev–Trinajstić information content (AvgIpc) is 2.57.